The number of nitrogens with zero attached hydrogens (tertiary/aromatic N) is 1. The largest absolute Gasteiger partial charge is 0.416 e. The maximum absolute atomic E-state index is 15.5. The number of anilines is 2. The minimum Gasteiger partial charge on any atom is -0.384 e. The highest BCUT2D eigenvalue weighted by Crippen LogP contribution is 2.33. The van der Waals surface area contributed by atoms with Crippen LogP contribution in [0.15, 0.2) is 60.0 Å². The Balaban J connectivity index is 1.36. The van der Waals surface area contributed by atoms with Crippen LogP contribution in [0.3, 0.4) is 0 Å². The van der Waals surface area contributed by atoms with Crippen LogP contribution >= 0.6 is 11.3 Å². The maximum atomic E-state index is 15.5. The summed E-state index contributed by atoms with van der Waals surface area (Å²) in [5, 5.41) is 17.5. The van der Waals surface area contributed by atoms with Crippen molar-refractivity contribution in [2.75, 3.05) is 32.1 Å². The molecule has 0 unspecified atom stereocenters. The van der Waals surface area contributed by atoms with Crippen molar-refractivity contribution < 1.29 is 36.7 Å². The molecule has 10 nitrogen and oxygen atoms in total. The van der Waals surface area contributed by atoms with Crippen LogP contribution in [0.1, 0.15) is 45.7 Å². The number of hydrogen-bond acceptors (Lipinski definition) is 7. The summed E-state index contributed by atoms with van der Waals surface area (Å²) in [5.41, 5.74) is 4.41. The lowest BCUT2D eigenvalue weighted by molar-refractivity contribution is -0.138. The van der Waals surface area contributed by atoms with Crippen LogP contribution in [-0.2, 0) is 20.5 Å². The van der Waals surface area contributed by atoms with E-state index in [0.29, 0.717) is 16.9 Å². The van der Waals surface area contributed by atoms with Gasteiger partial charge in [-0.05, 0) is 61.5 Å². The zero-order valence-electron chi connectivity index (χ0n) is 24.3. The Kier molecular flexibility index (Phi) is 10.1. The zero-order valence-corrected chi connectivity index (χ0v) is 25.2. The van der Waals surface area contributed by atoms with E-state index in [1.807, 2.05) is 0 Å². The second kappa shape index (κ2) is 13.6. The number of nitrogens with two attached hydrogens (primary N) is 1. The lowest BCUT2D eigenvalue weighted by Crippen LogP contribution is -2.49. The van der Waals surface area contributed by atoms with Crippen molar-refractivity contribution in [2.24, 2.45) is 5.73 Å². The fourth-order valence-electron chi connectivity index (χ4n) is 4.87. The molecular formula is C30H32F4N6O4S. The molecule has 1 fully saturated rings. The van der Waals surface area contributed by atoms with Crippen LogP contribution in [-0.4, -0.2) is 67.0 Å². The van der Waals surface area contributed by atoms with Gasteiger partial charge in [-0.15, -0.1) is 11.3 Å². The second-order valence-electron chi connectivity index (χ2n) is 10.7. The second-order valence-corrected chi connectivity index (χ2v) is 11.6. The Morgan fingerprint density at radius 2 is 1.73 bits per heavy atom. The molecule has 2 aromatic carbocycles. The van der Waals surface area contributed by atoms with Crippen molar-refractivity contribution in [1.29, 1.82) is 5.41 Å². The predicted molar refractivity (Wildman–Crippen MR) is 161 cm³/mol. The monoisotopic (exact) mass is 648 g/mol. The van der Waals surface area contributed by atoms with Crippen LogP contribution in [0.5, 0.6) is 0 Å². The lowest BCUT2D eigenvalue weighted by atomic mass is 10.0. The van der Waals surface area contributed by atoms with E-state index >= 15 is 4.39 Å². The topological polar surface area (TPSA) is 150 Å². The molecule has 15 heteroatoms. The van der Waals surface area contributed by atoms with Crippen molar-refractivity contribution in [1.82, 2.24) is 15.5 Å². The molecule has 3 amide bonds. The van der Waals surface area contributed by atoms with Gasteiger partial charge < -0.3 is 31.3 Å². The summed E-state index contributed by atoms with van der Waals surface area (Å²) in [5.74, 6) is -1.95. The number of carbonyl (C=O) groups excluding carboxylic acids is 3. The third-order valence-corrected chi connectivity index (χ3v) is 8.29. The first-order chi connectivity index (χ1) is 21.2. The normalized spacial score (nSPS) is 18.7. The third-order valence-electron chi connectivity index (χ3n) is 7.18. The Labute approximate surface area is 260 Å². The van der Waals surface area contributed by atoms with Gasteiger partial charge in [0.25, 0.3) is 5.91 Å². The van der Waals surface area contributed by atoms with E-state index in [1.54, 1.807) is 30.5 Å². The van der Waals surface area contributed by atoms with Gasteiger partial charge in [-0.25, -0.2) is 4.39 Å². The number of nitrogens with one attached hydrogen (secondary N) is 4. The summed E-state index contributed by atoms with van der Waals surface area (Å²) < 4.78 is 58.9. The van der Waals surface area contributed by atoms with E-state index in [-0.39, 0.29) is 24.4 Å². The molecule has 0 spiro atoms. The number of halogens is 4. The van der Waals surface area contributed by atoms with E-state index in [4.69, 9.17) is 15.9 Å². The van der Waals surface area contributed by atoms with Crippen LogP contribution in [0, 0.1) is 5.41 Å². The number of carbonyl (C=O) groups is 3. The standard InChI is InChI=1S/C30H32F4N6O4S/c1-17(24-11-19(14-45-24)26(35)36)38-28(43)23-12-29(31,16-44-2)15-40(23)25(41)13-37-27(42)18-3-7-21(8-4-18)39-22-9-5-20(6-10-22)30(32,33)34/h3-11,14,17,23,39H,12-13,15-16H2,1-2H3,(H3,35,36)(H,37,42)(H,38,43)/t17-,23+,29-/m1/s1. The number of hydrogen-bond donors (Lipinski definition) is 5. The molecule has 240 valence electrons. The predicted octanol–water partition coefficient (Wildman–Crippen LogP) is 4.36. The summed E-state index contributed by atoms with van der Waals surface area (Å²) in [6.45, 7) is 0.485. The fraction of sp³-hybridized carbons (Fsp3) is 0.333. The molecule has 1 aliphatic rings. The van der Waals surface area contributed by atoms with Gasteiger partial charge in [0.15, 0.2) is 5.67 Å². The van der Waals surface area contributed by atoms with E-state index in [9.17, 15) is 27.6 Å². The van der Waals surface area contributed by atoms with Crippen molar-refractivity contribution in [3.63, 3.8) is 0 Å². The summed E-state index contributed by atoms with van der Waals surface area (Å²) in [4.78, 5) is 41.0. The quantitative estimate of drug-likeness (QED) is 0.119. The zero-order chi connectivity index (χ0) is 32.9. The number of rotatable bonds is 11. The molecular weight excluding hydrogens is 616 g/mol. The first-order valence-electron chi connectivity index (χ1n) is 13.7. The summed E-state index contributed by atoms with van der Waals surface area (Å²) in [6, 6.07) is 10.5. The number of thiophene rings is 1. The molecule has 2 heterocycles. The SMILES string of the molecule is COC[C@@]1(F)C[C@@H](C(=O)N[C@H](C)c2cc(C(=N)N)cs2)N(C(=O)CNC(=O)c2ccc(Nc3ccc(C(F)(F)F)cc3)cc2)C1. The minimum atomic E-state index is -4.44. The number of likely N-dealkylation sites (tertiary alicyclic amines) is 1. The Morgan fingerprint density at radius 1 is 1.11 bits per heavy atom. The van der Waals surface area contributed by atoms with Gasteiger partial charge in [0, 0.05) is 46.3 Å². The van der Waals surface area contributed by atoms with Gasteiger partial charge in [-0.2, -0.15) is 13.2 Å². The minimum absolute atomic E-state index is 0.113. The fourth-order valence-corrected chi connectivity index (χ4v) is 5.79. The maximum Gasteiger partial charge on any atom is 0.416 e. The molecule has 4 rings (SSSR count). The highest BCUT2D eigenvalue weighted by Gasteiger charge is 2.49. The molecule has 0 saturated carbocycles. The number of nitrogen functional groups attached to an aromatic ring is 1. The molecule has 3 aromatic rings. The van der Waals surface area contributed by atoms with Crippen LogP contribution < -0.4 is 21.7 Å². The van der Waals surface area contributed by atoms with Crippen LogP contribution in [0.4, 0.5) is 28.9 Å². The highest BCUT2D eigenvalue weighted by atomic mass is 32.1. The number of ether oxygens (including phenoxy) is 1. The molecule has 0 aliphatic carbocycles. The van der Waals surface area contributed by atoms with E-state index in [2.05, 4.69) is 16.0 Å². The summed E-state index contributed by atoms with van der Waals surface area (Å²) in [7, 11) is 1.32. The average Bonchev–Trinajstić information content (AvgIpc) is 3.62. The van der Waals surface area contributed by atoms with Crippen molar-refractivity contribution in [3.05, 3.63) is 81.5 Å². The van der Waals surface area contributed by atoms with Crippen molar-refractivity contribution >= 4 is 46.3 Å². The van der Waals surface area contributed by atoms with Gasteiger partial charge >= 0.3 is 6.18 Å². The number of alkyl halides is 4. The van der Waals surface area contributed by atoms with Crippen molar-refractivity contribution in [3.8, 4) is 0 Å². The number of amides is 3. The molecule has 1 aromatic heterocycles. The Bertz CT molecular complexity index is 1550. The smallest absolute Gasteiger partial charge is 0.384 e. The van der Waals surface area contributed by atoms with Gasteiger partial charge in [-0.3, -0.25) is 19.8 Å². The molecule has 0 radical (unpaired) electrons. The summed E-state index contributed by atoms with van der Waals surface area (Å²) in [6.07, 6.45) is -4.74. The van der Waals surface area contributed by atoms with Gasteiger partial charge in [0.2, 0.25) is 11.8 Å². The van der Waals surface area contributed by atoms with Crippen LogP contribution in [0.25, 0.3) is 0 Å². The third kappa shape index (κ3) is 8.36. The van der Waals surface area contributed by atoms with Gasteiger partial charge in [0.05, 0.1) is 31.3 Å². The van der Waals surface area contributed by atoms with Gasteiger partial charge in [-0.1, -0.05) is 0 Å². The van der Waals surface area contributed by atoms with Crippen molar-refractivity contribution in [2.45, 2.75) is 37.3 Å². The Hall–Kier alpha value is -4.50. The van der Waals surface area contributed by atoms with E-state index in [0.717, 1.165) is 21.9 Å². The highest BCUT2D eigenvalue weighted by molar-refractivity contribution is 7.10. The molecule has 6 N–H and O–H groups in total. The lowest BCUT2D eigenvalue weighted by Gasteiger charge is -2.25. The Morgan fingerprint density at radius 3 is 2.29 bits per heavy atom. The van der Waals surface area contributed by atoms with Crippen LogP contribution in [0.2, 0.25) is 0 Å². The van der Waals surface area contributed by atoms with E-state index in [1.165, 1.54) is 42.7 Å². The average molecular weight is 649 g/mol. The first kappa shape index (κ1) is 33.4. The van der Waals surface area contributed by atoms with E-state index < -0.39 is 60.3 Å². The number of amidine groups is 1. The molecule has 1 saturated heterocycles. The first-order valence-corrected chi connectivity index (χ1v) is 14.6. The number of methoxy groups -OCH3 is 1. The molecule has 45 heavy (non-hydrogen) atoms. The summed E-state index contributed by atoms with van der Waals surface area (Å²) >= 11 is 1.30. The molecule has 0 bridgehead atoms. The molecule has 3 atom stereocenters. The molecule has 1 aliphatic heterocycles. The number of benzene rings is 2. The van der Waals surface area contributed by atoms with Gasteiger partial charge in [0.1, 0.15) is 11.9 Å².